The van der Waals surface area contributed by atoms with E-state index in [2.05, 4.69) is 0 Å². The van der Waals surface area contributed by atoms with E-state index in [9.17, 15) is 19.1 Å². The van der Waals surface area contributed by atoms with Gasteiger partial charge in [-0.1, -0.05) is 31.4 Å². The largest absolute Gasteiger partial charge is 0.480 e. The predicted molar refractivity (Wildman–Crippen MR) is 63.9 cm³/mol. The number of halogens is 1. The van der Waals surface area contributed by atoms with Crippen molar-refractivity contribution in [3.05, 3.63) is 35.6 Å². The number of hydrogen-bond acceptors (Lipinski definition) is 2. The van der Waals surface area contributed by atoms with Gasteiger partial charge in [-0.05, 0) is 25.0 Å². The van der Waals surface area contributed by atoms with Crippen LogP contribution in [-0.2, 0) is 4.79 Å². The van der Waals surface area contributed by atoms with Gasteiger partial charge in [-0.25, -0.2) is 4.39 Å². The summed E-state index contributed by atoms with van der Waals surface area (Å²) in [6, 6.07) is 5.58. The van der Waals surface area contributed by atoms with Gasteiger partial charge in [-0.2, -0.15) is 0 Å². The van der Waals surface area contributed by atoms with E-state index in [1.807, 2.05) is 0 Å². The maximum absolute atomic E-state index is 13.6. The van der Waals surface area contributed by atoms with Crippen LogP contribution in [0.4, 0.5) is 4.39 Å². The summed E-state index contributed by atoms with van der Waals surface area (Å²) in [7, 11) is 0. The van der Waals surface area contributed by atoms with Gasteiger partial charge < -0.3 is 5.11 Å². The van der Waals surface area contributed by atoms with E-state index in [0.717, 1.165) is 6.42 Å². The van der Waals surface area contributed by atoms with Crippen molar-refractivity contribution >= 4 is 11.8 Å². The Kier molecular flexibility index (Phi) is 3.45. The minimum atomic E-state index is -1.43. The third-order valence-corrected chi connectivity index (χ3v) is 3.67. The fourth-order valence-electron chi connectivity index (χ4n) is 2.60. The average Bonchev–Trinajstić information content (AvgIpc) is 2.39. The molecular weight excluding hydrogens is 235 g/mol. The van der Waals surface area contributed by atoms with E-state index in [1.54, 1.807) is 6.07 Å². The van der Waals surface area contributed by atoms with Gasteiger partial charge >= 0.3 is 5.97 Å². The summed E-state index contributed by atoms with van der Waals surface area (Å²) in [5.41, 5.74) is -1.54. The number of Topliss-reactive ketones (excluding diaryl/α,β-unsaturated/α-hetero) is 1. The van der Waals surface area contributed by atoms with Gasteiger partial charge in [0.2, 0.25) is 0 Å². The van der Waals surface area contributed by atoms with Crippen LogP contribution in [0.2, 0.25) is 0 Å². The van der Waals surface area contributed by atoms with Crippen LogP contribution >= 0.6 is 0 Å². The lowest BCUT2D eigenvalue weighted by atomic mass is 9.69. The molecule has 0 aromatic heterocycles. The Morgan fingerprint density at radius 3 is 2.28 bits per heavy atom. The number of benzene rings is 1. The molecule has 0 unspecified atom stereocenters. The molecule has 0 atom stereocenters. The zero-order chi connectivity index (χ0) is 13.2. The molecule has 3 nitrogen and oxygen atoms in total. The zero-order valence-electron chi connectivity index (χ0n) is 9.99. The second-order valence-corrected chi connectivity index (χ2v) is 4.76. The highest BCUT2D eigenvalue weighted by molar-refractivity contribution is 6.12. The number of carboxylic acids is 1. The molecule has 1 aliphatic rings. The van der Waals surface area contributed by atoms with E-state index in [-0.39, 0.29) is 5.56 Å². The number of aliphatic carboxylic acids is 1. The molecule has 2 rings (SSSR count). The monoisotopic (exact) mass is 250 g/mol. The summed E-state index contributed by atoms with van der Waals surface area (Å²) in [4.78, 5) is 23.8. The first-order valence-electron chi connectivity index (χ1n) is 6.11. The molecule has 18 heavy (non-hydrogen) atoms. The van der Waals surface area contributed by atoms with Gasteiger partial charge in [0.1, 0.15) is 11.2 Å². The third-order valence-electron chi connectivity index (χ3n) is 3.67. The molecule has 0 aliphatic heterocycles. The SMILES string of the molecule is O=C(O)C1(C(=O)c2ccccc2F)CCCCC1. The van der Waals surface area contributed by atoms with Gasteiger partial charge in [0, 0.05) is 0 Å². The van der Waals surface area contributed by atoms with Crippen molar-refractivity contribution in [2.24, 2.45) is 5.41 Å². The van der Waals surface area contributed by atoms with Gasteiger partial charge in [0.05, 0.1) is 5.56 Å². The van der Waals surface area contributed by atoms with Crippen LogP contribution in [0.1, 0.15) is 42.5 Å². The molecular formula is C14H15FO3. The third kappa shape index (κ3) is 2.03. The Hall–Kier alpha value is -1.71. The zero-order valence-corrected chi connectivity index (χ0v) is 9.99. The lowest BCUT2D eigenvalue weighted by molar-refractivity contribution is -0.147. The molecule has 1 aromatic carbocycles. The van der Waals surface area contributed by atoms with Crippen molar-refractivity contribution in [1.29, 1.82) is 0 Å². The van der Waals surface area contributed by atoms with Gasteiger partial charge in [-0.15, -0.1) is 0 Å². The van der Waals surface area contributed by atoms with Gasteiger partial charge in [0.25, 0.3) is 0 Å². The van der Waals surface area contributed by atoms with E-state index in [4.69, 9.17) is 0 Å². The molecule has 0 bridgehead atoms. The van der Waals surface area contributed by atoms with Gasteiger partial charge in [-0.3, -0.25) is 9.59 Å². The maximum Gasteiger partial charge on any atom is 0.317 e. The Morgan fingerprint density at radius 2 is 1.72 bits per heavy atom. The Balaban J connectivity index is 2.41. The average molecular weight is 250 g/mol. The highest BCUT2D eigenvalue weighted by atomic mass is 19.1. The summed E-state index contributed by atoms with van der Waals surface area (Å²) < 4.78 is 13.6. The number of rotatable bonds is 3. The van der Waals surface area contributed by atoms with E-state index >= 15 is 0 Å². The molecule has 1 saturated carbocycles. The Bertz CT molecular complexity index is 476. The molecule has 96 valence electrons. The highest BCUT2D eigenvalue weighted by Crippen LogP contribution is 2.39. The van der Waals surface area contributed by atoms with Crippen LogP contribution in [0.15, 0.2) is 24.3 Å². The normalized spacial score (nSPS) is 18.3. The molecule has 0 heterocycles. The molecule has 1 N–H and O–H groups in total. The molecule has 0 radical (unpaired) electrons. The summed E-state index contributed by atoms with van der Waals surface area (Å²) in [6.07, 6.45) is 2.93. The van der Waals surface area contributed by atoms with E-state index < -0.39 is 23.0 Å². The number of ketones is 1. The van der Waals surface area contributed by atoms with Crippen LogP contribution < -0.4 is 0 Å². The van der Waals surface area contributed by atoms with Crippen molar-refractivity contribution < 1.29 is 19.1 Å². The standard InChI is InChI=1S/C14H15FO3/c15-11-7-3-2-6-10(11)12(16)14(13(17)18)8-4-1-5-9-14/h2-3,6-7H,1,4-5,8-9H2,(H,17,18). The topological polar surface area (TPSA) is 54.4 Å². The van der Waals surface area contributed by atoms with Crippen LogP contribution in [0.3, 0.4) is 0 Å². The molecule has 1 aromatic rings. The Labute approximate surface area is 105 Å². The molecule has 1 aliphatic carbocycles. The second-order valence-electron chi connectivity index (χ2n) is 4.76. The smallest absolute Gasteiger partial charge is 0.317 e. The first kappa shape index (κ1) is 12.7. The summed E-state index contributed by atoms with van der Waals surface area (Å²) in [5, 5.41) is 9.37. The molecule has 0 spiro atoms. The molecule has 0 saturated heterocycles. The molecule has 4 heteroatoms. The van der Waals surface area contributed by atoms with Crippen molar-refractivity contribution in [2.45, 2.75) is 32.1 Å². The maximum atomic E-state index is 13.6. The van der Waals surface area contributed by atoms with Crippen LogP contribution in [0.25, 0.3) is 0 Å². The van der Waals surface area contributed by atoms with E-state index in [0.29, 0.717) is 25.7 Å². The van der Waals surface area contributed by atoms with Crippen molar-refractivity contribution in [1.82, 2.24) is 0 Å². The predicted octanol–water partition coefficient (Wildman–Crippen LogP) is 3.04. The number of carboxylic acid groups (broad SMARTS) is 1. The summed E-state index contributed by atoms with van der Waals surface area (Å²) in [5.74, 6) is -2.36. The molecule has 0 amide bonds. The van der Waals surface area contributed by atoms with Crippen molar-refractivity contribution in [2.75, 3.05) is 0 Å². The lowest BCUT2D eigenvalue weighted by Gasteiger charge is -2.31. The van der Waals surface area contributed by atoms with Crippen LogP contribution in [0.5, 0.6) is 0 Å². The number of hydrogen-bond donors (Lipinski definition) is 1. The summed E-state index contributed by atoms with van der Waals surface area (Å²) in [6.45, 7) is 0. The van der Waals surface area contributed by atoms with Crippen LogP contribution in [0, 0.1) is 11.2 Å². The Morgan fingerprint density at radius 1 is 1.11 bits per heavy atom. The van der Waals surface area contributed by atoms with E-state index in [1.165, 1.54) is 18.2 Å². The quantitative estimate of drug-likeness (QED) is 0.662. The summed E-state index contributed by atoms with van der Waals surface area (Å²) >= 11 is 0. The van der Waals surface area contributed by atoms with Crippen molar-refractivity contribution in [3.63, 3.8) is 0 Å². The fraction of sp³-hybridized carbons (Fsp3) is 0.429. The highest BCUT2D eigenvalue weighted by Gasteiger charge is 2.47. The fourth-order valence-corrected chi connectivity index (χ4v) is 2.60. The number of carbonyl (C=O) groups excluding carboxylic acids is 1. The van der Waals surface area contributed by atoms with Crippen LogP contribution in [-0.4, -0.2) is 16.9 Å². The lowest BCUT2D eigenvalue weighted by Crippen LogP contribution is -2.41. The molecule has 1 fully saturated rings. The van der Waals surface area contributed by atoms with Crippen molar-refractivity contribution in [3.8, 4) is 0 Å². The first-order chi connectivity index (χ1) is 8.58. The first-order valence-corrected chi connectivity index (χ1v) is 6.11. The number of carbonyl (C=O) groups is 2. The minimum absolute atomic E-state index is 0.109. The minimum Gasteiger partial charge on any atom is -0.480 e. The van der Waals surface area contributed by atoms with Gasteiger partial charge in [0.15, 0.2) is 5.78 Å². The second kappa shape index (κ2) is 4.88.